The van der Waals surface area contributed by atoms with Crippen LogP contribution in [0, 0.1) is 0 Å². The average molecular weight is 224 g/mol. The fourth-order valence-electron chi connectivity index (χ4n) is 0.929. The lowest BCUT2D eigenvalue weighted by atomic mass is 10.2. The summed E-state index contributed by atoms with van der Waals surface area (Å²) in [6.07, 6.45) is 2.00. The number of hydrogen-bond acceptors (Lipinski definition) is 3. The van der Waals surface area contributed by atoms with Gasteiger partial charge in [-0.05, 0) is 25.7 Å². The van der Waals surface area contributed by atoms with Crippen LogP contribution in [0.5, 0.6) is 0 Å². The molecule has 0 saturated carbocycles. The van der Waals surface area contributed by atoms with Crippen molar-refractivity contribution in [2.24, 2.45) is 0 Å². The molecular weight excluding hydrogens is 206 g/mol. The molecule has 2 unspecified atom stereocenters. The Morgan fingerprint density at radius 2 is 2.31 bits per heavy atom. The van der Waals surface area contributed by atoms with Crippen LogP contribution in [0.15, 0.2) is 11.1 Å². The Morgan fingerprint density at radius 1 is 1.69 bits per heavy atom. The minimum atomic E-state index is 0.207. The second-order valence-electron chi connectivity index (χ2n) is 3.08. The number of thioether (sulfide) groups is 1. The Labute approximate surface area is 89.7 Å². The summed E-state index contributed by atoms with van der Waals surface area (Å²) in [5.74, 6) is 0. The molecule has 0 aromatic heterocycles. The third kappa shape index (κ3) is 5.57. The van der Waals surface area contributed by atoms with Crippen LogP contribution in [0.1, 0.15) is 13.8 Å². The lowest BCUT2D eigenvalue weighted by molar-refractivity contribution is 0.277. The summed E-state index contributed by atoms with van der Waals surface area (Å²) in [6, 6.07) is 0.298. The summed E-state index contributed by atoms with van der Waals surface area (Å²) in [7, 11) is 0. The van der Waals surface area contributed by atoms with Gasteiger partial charge in [-0.2, -0.15) is 11.8 Å². The van der Waals surface area contributed by atoms with Gasteiger partial charge < -0.3 is 10.4 Å². The molecule has 0 spiro atoms. The van der Waals surface area contributed by atoms with Gasteiger partial charge in [0.05, 0.1) is 6.61 Å². The van der Waals surface area contributed by atoms with E-state index in [1.165, 1.54) is 0 Å². The number of aliphatic hydroxyl groups is 1. The molecule has 0 amide bonds. The van der Waals surface area contributed by atoms with Crippen LogP contribution in [0.3, 0.4) is 0 Å². The van der Waals surface area contributed by atoms with Crippen LogP contribution in [0.4, 0.5) is 0 Å². The highest BCUT2D eigenvalue weighted by Gasteiger charge is 2.13. The molecule has 2 nitrogen and oxygen atoms in total. The summed E-state index contributed by atoms with van der Waals surface area (Å²) < 4.78 is 0. The highest BCUT2D eigenvalue weighted by Crippen LogP contribution is 2.10. The molecule has 2 N–H and O–H groups in total. The summed E-state index contributed by atoms with van der Waals surface area (Å²) >= 11 is 7.20. The van der Waals surface area contributed by atoms with Gasteiger partial charge in [-0.1, -0.05) is 11.6 Å². The molecule has 78 valence electrons. The van der Waals surface area contributed by atoms with Gasteiger partial charge in [-0.3, -0.25) is 0 Å². The van der Waals surface area contributed by atoms with E-state index in [1.807, 2.05) is 13.2 Å². The summed E-state index contributed by atoms with van der Waals surface area (Å²) in [5, 5.41) is 12.6. The fraction of sp³-hybridized carbons (Fsp3) is 0.778. The molecule has 0 saturated heterocycles. The predicted molar refractivity (Wildman–Crippen MR) is 61.5 cm³/mol. The second kappa shape index (κ2) is 7.68. The maximum atomic E-state index is 9.02. The number of aliphatic hydroxyl groups excluding tert-OH is 1. The first-order valence-electron chi connectivity index (χ1n) is 4.28. The molecule has 2 atom stereocenters. The van der Waals surface area contributed by atoms with Crippen LogP contribution in [-0.2, 0) is 0 Å². The minimum Gasteiger partial charge on any atom is -0.395 e. The molecule has 0 heterocycles. The van der Waals surface area contributed by atoms with Crippen molar-refractivity contribution in [1.29, 1.82) is 0 Å². The quantitative estimate of drug-likeness (QED) is 0.721. The number of rotatable bonds is 6. The van der Waals surface area contributed by atoms with Crippen LogP contribution in [0.25, 0.3) is 0 Å². The van der Waals surface area contributed by atoms with E-state index in [9.17, 15) is 0 Å². The maximum Gasteiger partial charge on any atom is 0.0564 e. The maximum absolute atomic E-state index is 9.02. The van der Waals surface area contributed by atoms with Crippen molar-refractivity contribution in [3.8, 4) is 0 Å². The van der Waals surface area contributed by atoms with Crippen molar-refractivity contribution in [2.75, 3.05) is 19.4 Å². The largest absolute Gasteiger partial charge is 0.395 e. The topological polar surface area (TPSA) is 32.3 Å². The Hall–Kier alpha value is 0.300. The molecule has 0 fully saturated rings. The van der Waals surface area contributed by atoms with Gasteiger partial charge in [0, 0.05) is 23.4 Å². The summed E-state index contributed by atoms with van der Waals surface area (Å²) in [4.78, 5) is 0. The molecule has 0 rings (SSSR count). The van der Waals surface area contributed by atoms with E-state index in [2.05, 4.69) is 12.2 Å². The summed E-state index contributed by atoms with van der Waals surface area (Å²) in [5.41, 5.74) is 2.68. The first-order valence-corrected chi connectivity index (χ1v) is 6.01. The Kier molecular flexibility index (Phi) is 7.86. The second-order valence-corrected chi connectivity index (χ2v) is 4.38. The first kappa shape index (κ1) is 13.3. The molecule has 0 aromatic carbocycles. The Bertz CT molecular complexity index is 160. The van der Waals surface area contributed by atoms with Gasteiger partial charge in [0.2, 0.25) is 0 Å². The first-order chi connectivity index (χ1) is 6.15. The average Bonchev–Trinajstić information content (AvgIpc) is 2.16. The van der Waals surface area contributed by atoms with Crippen molar-refractivity contribution in [3.05, 3.63) is 11.1 Å². The lowest BCUT2D eigenvalue weighted by Crippen LogP contribution is -2.38. The highest BCUT2D eigenvalue weighted by atomic mass is 35.5. The molecule has 0 radical (unpaired) electrons. The van der Waals surface area contributed by atoms with Crippen molar-refractivity contribution >= 4 is 23.4 Å². The van der Waals surface area contributed by atoms with Crippen molar-refractivity contribution in [2.45, 2.75) is 25.1 Å². The van der Waals surface area contributed by atoms with E-state index in [4.69, 9.17) is 16.7 Å². The number of halogens is 1. The van der Waals surface area contributed by atoms with E-state index in [0.29, 0.717) is 6.04 Å². The number of hydrogen-bond donors (Lipinski definition) is 2. The minimum absolute atomic E-state index is 0.207. The smallest absolute Gasteiger partial charge is 0.0564 e. The molecule has 0 aliphatic carbocycles. The van der Waals surface area contributed by atoms with Gasteiger partial charge in [0.1, 0.15) is 0 Å². The van der Waals surface area contributed by atoms with E-state index in [-0.39, 0.29) is 11.9 Å². The Balaban J connectivity index is 3.78. The number of nitrogens with one attached hydrogen (secondary N) is 1. The monoisotopic (exact) mass is 223 g/mol. The van der Waals surface area contributed by atoms with E-state index >= 15 is 0 Å². The zero-order chi connectivity index (χ0) is 10.3. The van der Waals surface area contributed by atoms with E-state index in [1.54, 1.807) is 17.3 Å². The van der Waals surface area contributed by atoms with Crippen molar-refractivity contribution in [3.63, 3.8) is 0 Å². The van der Waals surface area contributed by atoms with Gasteiger partial charge in [-0.15, -0.1) is 0 Å². The zero-order valence-corrected chi connectivity index (χ0v) is 9.95. The van der Waals surface area contributed by atoms with Gasteiger partial charge >= 0.3 is 0 Å². The third-order valence-electron chi connectivity index (χ3n) is 1.93. The normalized spacial score (nSPS) is 17.2. The molecule has 0 aromatic rings. The van der Waals surface area contributed by atoms with Crippen LogP contribution < -0.4 is 5.32 Å². The molecular formula is C9H18ClNOS. The standard InChI is InChI=1S/C9H18ClNOS/c1-7(4-10)5-11-8(2)9(6-12)13-3/h4,8-9,11-12H,5-6H2,1-3H3. The molecule has 0 aliphatic heterocycles. The fourth-order valence-corrected chi connectivity index (χ4v) is 1.66. The zero-order valence-electron chi connectivity index (χ0n) is 8.38. The van der Waals surface area contributed by atoms with Crippen molar-refractivity contribution in [1.82, 2.24) is 5.32 Å². The van der Waals surface area contributed by atoms with Gasteiger partial charge in [-0.25, -0.2) is 0 Å². The van der Waals surface area contributed by atoms with E-state index < -0.39 is 0 Å². The lowest BCUT2D eigenvalue weighted by Gasteiger charge is -2.21. The van der Waals surface area contributed by atoms with Crippen LogP contribution in [0.2, 0.25) is 0 Å². The third-order valence-corrected chi connectivity index (χ3v) is 3.46. The molecule has 13 heavy (non-hydrogen) atoms. The highest BCUT2D eigenvalue weighted by molar-refractivity contribution is 7.99. The SMILES string of the molecule is CSC(CO)C(C)NCC(C)=CCl. The van der Waals surface area contributed by atoms with Crippen LogP contribution >= 0.6 is 23.4 Å². The Morgan fingerprint density at radius 3 is 2.69 bits per heavy atom. The van der Waals surface area contributed by atoms with E-state index in [0.717, 1.165) is 12.1 Å². The molecule has 0 aliphatic rings. The van der Waals surface area contributed by atoms with Crippen molar-refractivity contribution < 1.29 is 5.11 Å². The molecule has 0 bridgehead atoms. The van der Waals surface area contributed by atoms with Gasteiger partial charge in [0.25, 0.3) is 0 Å². The molecule has 4 heteroatoms. The van der Waals surface area contributed by atoms with Gasteiger partial charge in [0.15, 0.2) is 0 Å². The summed E-state index contributed by atoms with van der Waals surface area (Å²) in [6.45, 7) is 5.03. The predicted octanol–water partition coefficient (Wildman–Crippen LogP) is 1.83. The van der Waals surface area contributed by atoms with Crippen LogP contribution in [-0.4, -0.2) is 35.8 Å².